The number of hydrogen-bond donors (Lipinski definition) is 2. The quantitative estimate of drug-likeness (QED) is 0.678. The largest absolute Gasteiger partial charge is 0.357 e. The molecule has 1 aromatic heterocycles. The van der Waals surface area contributed by atoms with E-state index in [0.717, 1.165) is 37.2 Å². The smallest absolute Gasteiger partial charge is 0.224 e. The summed E-state index contributed by atoms with van der Waals surface area (Å²) >= 11 is 6.08. The fourth-order valence-corrected chi connectivity index (χ4v) is 1.89. The first-order valence-electron chi connectivity index (χ1n) is 4.75. The van der Waals surface area contributed by atoms with Crippen LogP contribution in [0.15, 0.2) is 0 Å². The third-order valence-corrected chi connectivity index (χ3v) is 2.67. The van der Waals surface area contributed by atoms with Gasteiger partial charge < -0.3 is 10.6 Å². The number of nitrogens with one attached hydrogen (secondary N) is 2. The van der Waals surface area contributed by atoms with Crippen molar-refractivity contribution in [3.63, 3.8) is 0 Å². The van der Waals surface area contributed by atoms with Crippen molar-refractivity contribution in [3.05, 3.63) is 16.4 Å². The second kappa shape index (κ2) is 4.11. The number of anilines is 1. The zero-order valence-corrected chi connectivity index (χ0v) is 8.86. The Kier molecular flexibility index (Phi) is 2.84. The van der Waals surface area contributed by atoms with Crippen molar-refractivity contribution in [1.82, 2.24) is 15.3 Å². The Balaban J connectivity index is 2.43. The van der Waals surface area contributed by atoms with Crippen molar-refractivity contribution < 1.29 is 0 Å². The second-order valence-electron chi connectivity index (χ2n) is 3.26. The molecule has 1 aliphatic rings. The minimum atomic E-state index is 0.586. The lowest BCUT2D eigenvalue weighted by atomic mass is 10.1. The van der Waals surface area contributed by atoms with Gasteiger partial charge >= 0.3 is 0 Å². The molecule has 0 saturated carbocycles. The summed E-state index contributed by atoms with van der Waals surface area (Å²) in [6.45, 7) is 1.92. The lowest BCUT2D eigenvalue weighted by Crippen LogP contribution is -2.16. The predicted octanol–water partition coefficient (Wildman–Crippen LogP) is 0.860. The molecular formula is C9H13ClN4. The van der Waals surface area contributed by atoms with E-state index in [1.54, 1.807) is 7.05 Å². The Labute approximate surface area is 88.1 Å². The van der Waals surface area contributed by atoms with Crippen LogP contribution in [0.4, 0.5) is 5.95 Å². The molecule has 0 unspecified atom stereocenters. The van der Waals surface area contributed by atoms with Gasteiger partial charge in [0.1, 0.15) is 5.15 Å². The lowest BCUT2D eigenvalue weighted by Gasteiger charge is -2.07. The summed E-state index contributed by atoms with van der Waals surface area (Å²) in [6, 6.07) is 0. The standard InChI is InChI=1S/C9H13ClN4/c1-11-9-13-7-3-5-12-4-2-6(7)8(10)14-9/h12H,2-5H2,1H3,(H,11,13,14). The van der Waals surface area contributed by atoms with Crippen molar-refractivity contribution in [2.75, 3.05) is 25.5 Å². The summed E-state index contributed by atoms with van der Waals surface area (Å²) in [5.41, 5.74) is 2.16. The number of hydrogen-bond acceptors (Lipinski definition) is 4. The molecule has 2 rings (SSSR count). The van der Waals surface area contributed by atoms with E-state index < -0.39 is 0 Å². The third-order valence-electron chi connectivity index (χ3n) is 2.36. The molecule has 0 spiro atoms. The van der Waals surface area contributed by atoms with Gasteiger partial charge in [0.2, 0.25) is 5.95 Å². The molecule has 0 saturated heterocycles. The molecule has 2 heterocycles. The Morgan fingerprint density at radius 1 is 1.29 bits per heavy atom. The van der Waals surface area contributed by atoms with Crippen molar-refractivity contribution in [2.45, 2.75) is 12.8 Å². The highest BCUT2D eigenvalue weighted by atomic mass is 35.5. The summed E-state index contributed by atoms with van der Waals surface area (Å²) in [7, 11) is 1.80. The van der Waals surface area contributed by atoms with E-state index in [9.17, 15) is 0 Å². The van der Waals surface area contributed by atoms with Gasteiger partial charge in [0.15, 0.2) is 0 Å². The highest BCUT2D eigenvalue weighted by molar-refractivity contribution is 6.30. The van der Waals surface area contributed by atoms with E-state index in [0.29, 0.717) is 11.1 Å². The first-order chi connectivity index (χ1) is 6.81. The highest BCUT2D eigenvalue weighted by Crippen LogP contribution is 2.20. The topological polar surface area (TPSA) is 49.8 Å². The minimum Gasteiger partial charge on any atom is -0.357 e. The maximum atomic E-state index is 6.08. The molecule has 0 fully saturated rings. The summed E-state index contributed by atoms with van der Waals surface area (Å²) in [6.07, 6.45) is 1.84. The predicted molar refractivity (Wildman–Crippen MR) is 56.9 cm³/mol. The van der Waals surface area contributed by atoms with Gasteiger partial charge in [-0.1, -0.05) is 11.6 Å². The van der Waals surface area contributed by atoms with E-state index in [2.05, 4.69) is 20.6 Å². The molecular weight excluding hydrogens is 200 g/mol. The molecule has 0 aliphatic carbocycles. The normalized spacial score (nSPS) is 15.9. The van der Waals surface area contributed by atoms with E-state index in [1.165, 1.54) is 0 Å². The lowest BCUT2D eigenvalue weighted by molar-refractivity contribution is 0.708. The van der Waals surface area contributed by atoms with Crippen LogP contribution in [-0.2, 0) is 12.8 Å². The molecule has 14 heavy (non-hydrogen) atoms. The van der Waals surface area contributed by atoms with Gasteiger partial charge in [-0.05, 0) is 13.0 Å². The molecule has 76 valence electrons. The van der Waals surface area contributed by atoms with Gasteiger partial charge in [0.05, 0.1) is 5.69 Å². The highest BCUT2D eigenvalue weighted by Gasteiger charge is 2.14. The van der Waals surface area contributed by atoms with Crippen LogP contribution in [-0.4, -0.2) is 30.1 Å². The van der Waals surface area contributed by atoms with E-state index in [4.69, 9.17) is 11.6 Å². The number of aromatic nitrogens is 2. The van der Waals surface area contributed by atoms with Crippen LogP contribution in [0.5, 0.6) is 0 Å². The number of rotatable bonds is 1. The van der Waals surface area contributed by atoms with Crippen LogP contribution in [0.3, 0.4) is 0 Å². The Bertz CT molecular complexity index is 340. The summed E-state index contributed by atoms with van der Waals surface area (Å²) in [4.78, 5) is 8.57. The van der Waals surface area contributed by atoms with Gasteiger partial charge in [-0.15, -0.1) is 0 Å². The average Bonchev–Trinajstić information content (AvgIpc) is 2.42. The molecule has 1 aliphatic heterocycles. The fraction of sp³-hybridized carbons (Fsp3) is 0.556. The zero-order valence-electron chi connectivity index (χ0n) is 8.10. The SMILES string of the molecule is CNc1nc(Cl)c2c(n1)CCNCC2. The van der Waals surface area contributed by atoms with Crippen molar-refractivity contribution in [3.8, 4) is 0 Å². The van der Waals surface area contributed by atoms with Gasteiger partial charge in [0, 0.05) is 25.6 Å². The van der Waals surface area contributed by atoms with Crippen LogP contribution in [0.2, 0.25) is 5.15 Å². The third kappa shape index (κ3) is 1.81. The van der Waals surface area contributed by atoms with Crippen LogP contribution in [0, 0.1) is 0 Å². The number of fused-ring (bicyclic) bond motifs is 1. The number of nitrogens with zero attached hydrogens (tertiary/aromatic N) is 2. The van der Waals surface area contributed by atoms with E-state index in [-0.39, 0.29) is 0 Å². The molecule has 0 aromatic carbocycles. The molecule has 1 aromatic rings. The molecule has 0 bridgehead atoms. The monoisotopic (exact) mass is 212 g/mol. The van der Waals surface area contributed by atoms with Gasteiger partial charge in [0.25, 0.3) is 0 Å². The van der Waals surface area contributed by atoms with E-state index in [1.807, 2.05) is 0 Å². The Hall–Kier alpha value is -0.870. The molecule has 4 nitrogen and oxygen atoms in total. The second-order valence-corrected chi connectivity index (χ2v) is 3.62. The maximum Gasteiger partial charge on any atom is 0.224 e. The first-order valence-corrected chi connectivity index (χ1v) is 5.13. The molecule has 0 amide bonds. The molecule has 5 heteroatoms. The maximum absolute atomic E-state index is 6.08. The fourth-order valence-electron chi connectivity index (χ4n) is 1.61. The molecule has 0 radical (unpaired) electrons. The van der Waals surface area contributed by atoms with Gasteiger partial charge in [-0.25, -0.2) is 9.97 Å². The molecule has 0 atom stereocenters. The summed E-state index contributed by atoms with van der Waals surface area (Å²) < 4.78 is 0. The van der Waals surface area contributed by atoms with Crippen LogP contribution >= 0.6 is 11.6 Å². The van der Waals surface area contributed by atoms with E-state index >= 15 is 0 Å². The zero-order chi connectivity index (χ0) is 9.97. The summed E-state index contributed by atoms with van der Waals surface area (Å²) in [5, 5.41) is 6.81. The van der Waals surface area contributed by atoms with Crippen molar-refractivity contribution >= 4 is 17.5 Å². The van der Waals surface area contributed by atoms with Crippen molar-refractivity contribution in [1.29, 1.82) is 0 Å². The summed E-state index contributed by atoms with van der Waals surface area (Å²) in [5.74, 6) is 0.607. The Morgan fingerprint density at radius 3 is 2.86 bits per heavy atom. The molecule has 2 N–H and O–H groups in total. The van der Waals surface area contributed by atoms with Gasteiger partial charge in [-0.2, -0.15) is 0 Å². The van der Waals surface area contributed by atoms with Crippen LogP contribution in [0.1, 0.15) is 11.3 Å². The average molecular weight is 213 g/mol. The first kappa shape index (κ1) is 9.68. The minimum absolute atomic E-state index is 0.586. The van der Waals surface area contributed by atoms with Gasteiger partial charge in [-0.3, -0.25) is 0 Å². The van der Waals surface area contributed by atoms with Crippen molar-refractivity contribution in [2.24, 2.45) is 0 Å². The van der Waals surface area contributed by atoms with Crippen LogP contribution in [0.25, 0.3) is 0 Å². The van der Waals surface area contributed by atoms with Crippen LogP contribution < -0.4 is 10.6 Å². The number of halogens is 1. The Morgan fingerprint density at radius 2 is 2.07 bits per heavy atom.